The first-order chi connectivity index (χ1) is 44.4. The van der Waals surface area contributed by atoms with E-state index in [1.807, 2.05) is 13.8 Å². The number of carbonyl (C=O) groups excluding carboxylic acids is 7. The number of aliphatic imine (C=N–C) groups is 1. The molecule has 1 aliphatic heterocycles. The van der Waals surface area contributed by atoms with Gasteiger partial charge in [-0.15, -0.1) is 0 Å². The van der Waals surface area contributed by atoms with E-state index < -0.39 is 128 Å². The van der Waals surface area contributed by atoms with E-state index in [1.54, 1.807) is 43.9 Å². The minimum atomic E-state index is -1.69. The zero-order valence-corrected chi connectivity index (χ0v) is 55.7. The van der Waals surface area contributed by atoms with Crippen LogP contribution in [0.15, 0.2) is 35.6 Å². The molecule has 1 aliphatic rings. The number of benzene rings is 1. The number of rotatable bonds is 53. The molecule has 18 N–H and O–H groups in total. The van der Waals surface area contributed by atoms with E-state index in [-0.39, 0.29) is 31.1 Å². The molecule has 0 saturated carbocycles. The van der Waals surface area contributed by atoms with Crippen LogP contribution in [0.25, 0.3) is 5.57 Å². The molecule has 11 atom stereocenters. The minimum absolute atomic E-state index is 0.103. The van der Waals surface area contributed by atoms with Crippen LogP contribution in [0.5, 0.6) is 5.75 Å². The topological polar surface area (TPSA) is 463 Å². The number of primary amides is 1. The molecule has 1 aromatic carbocycles. The van der Waals surface area contributed by atoms with Gasteiger partial charge in [0.25, 0.3) is 0 Å². The van der Waals surface area contributed by atoms with Crippen molar-refractivity contribution in [3.05, 3.63) is 47.3 Å². The molecule has 530 valence electrons. The largest absolute Gasteiger partial charge is 0.508 e. The van der Waals surface area contributed by atoms with Crippen molar-refractivity contribution in [2.24, 2.45) is 34.0 Å². The monoisotopic (exact) mass is 1340 g/mol. The van der Waals surface area contributed by atoms with Gasteiger partial charge in [-0.25, -0.2) is 0 Å². The zero-order chi connectivity index (χ0) is 69.3. The van der Waals surface area contributed by atoms with Gasteiger partial charge in [0.1, 0.15) is 36.1 Å². The molecule has 0 bridgehead atoms. The number of aromatic hydroxyl groups is 1. The molecule has 0 spiro atoms. The Morgan fingerprint density at radius 1 is 0.785 bits per heavy atom. The highest BCUT2D eigenvalue weighted by atomic mass is 32.2. The fourth-order valence-corrected chi connectivity index (χ4v) is 10.3. The number of thioether (sulfide) groups is 1. The molecular weight excluding hydrogens is 1240 g/mol. The van der Waals surface area contributed by atoms with E-state index >= 15 is 0 Å². The number of phenols is 1. The first kappa shape index (κ1) is 83.0. The predicted octanol–water partition coefficient (Wildman–Crippen LogP) is -3.25. The van der Waals surface area contributed by atoms with Crippen LogP contribution in [0.4, 0.5) is 0 Å². The smallest absolute Gasteiger partial charge is 0.246 e. The Kier molecular flexibility index (Phi) is 42.6. The molecule has 0 radical (unpaired) electrons. The van der Waals surface area contributed by atoms with E-state index in [4.69, 9.17) is 50.4 Å². The maximum Gasteiger partial charge on any atom is 0.246 e. The molecule has 1 saturated heterocycles. The molecule has 1 fully saturated rings. The van der Waals surface area contributed by atoms with Gasteiger partial charge >= 0.3 is 0 Å². The molecule has 9 unspecified atom stereocenters. The first-order valence-corrected chi connectivity index (χ1v) is 32.4. The van der Waals surface area contributed by atoms with Gasteiger partial charge in [-0.2, -0.15) is 11.8 Å². The first-order valence-electron chi connectivity index (χ1n) is 31.3. The van der Waals surface area contributed by atoms with Crippen molar-refractivity contribution in [1.29, 1.82) is 0 Å². The number of β-amino-alcohol motifs (C(OH)–C–C–N with tert-alkyl or cyclic N) is 1. The quantitative estimate of drug-likeness (QED) is 0.0173. The van der Waals surface area contributed by atoms with E-state index in [1.165, 1.54) is 13.8 Å². The second kappa shape index (κ2) is 47.7. The number of hydrogen-bond donors (Lipinski definition) is 15. The number of hydrogen-bond acceptors (Lipinski definition) is 25. The number of nitrogens with one attached hydrogen (secondary N) is 7. The Bertz CT molecular complexity index is 2470. The summed E-state index contributed by atoms with van der Waals surface area (Å²) in [6, 6.07) is -4.11. The average molecular weight is 1340 g/mol. The van der Waals surface area contributed by atoms with Crippen molar-refractivity contribution >= 4 is 65.4 Å². The molecule has 93 heavy (non-hydrogen) atoms. The summed E-state index contributed by atoms with van der Waals surface area (Å²) in [5.74, 6) is -6.06. The van der Waals surface area contributed by atoms with Crippen LogP contribution in [-0.2, 0) is 72.5 Å². The third-order valence-corrected chi connectivity index (χ3v) is 15.8. The molecule has 1 aromatic rings. The highest BCUT2D eigenvalue weighted by Gasteiger charge is 2.44. The summed E-state index contributed by atoms with van der Waals surface area (Å²) in [5.41, 5.74) is 20.0. The SMILES string of the molecule is C=NC/C(N)=C/NCCOCCOCCOCCOCCOCCOCCOCCSCc1c(O)ccc(C(=C)C[C@@H](C)NC(=O)C(NC(=O)C2CC(O)CN2C(=O)C(CC(N)=O)NC(=O)C(C)NC(=O)CNC(O)C(NC(=O)CN)[C@@H](C)CC)C(C)C(O)CO)c1C. The number of aliphatic hydroxyl groups excluding tert-OH is 4. The lowest BCUT2D eigenvalue weighted by Crippen LogP contribution is -2.60. The van der Waals surface area contributed by atoms with Gasteiger partial charge in [0, 0.05) is 60.4 Å². The number of carbonyl (C=O) groups is 7. The second-order valence-electron chi connectivity index (χ2n) is 22.4. The van der Waals surface area contributed by atoms with Crippen LogP contribution < -0.4 is 54.4 Å². The standard InChI is InChI=1S/C61H106N12O19S/c1-9-38(2)55(71-53(79)31-62)59(83)67-34-54(80)69-43(7)57(81)70-48(30-52(64)78)61(85)73-35-45(75)29-49(73)58(82)72-56(42(6)51(77)36-74)60(84)68-40(4)28-39(3)46-10-11-50(76)47(41(46)5)37-93-27-26-92-25-24-91-23-22-90-21-20-89-19-18-88-17-16-87-15-14-86-13-12-66-33-44(63)32-65-8/h10-11,33,38,40,42-43,45,48-49,51,55-56,59,66-67,74-77,83H,3,8-9,12-32,34-37,62-63H2,1-2,4-7H3,(H2,64,78)(H,68,84)(H,69,80)(H,70,81)(H,71,79)(H,72,82)/b44-33-/t38-,40+,42?,43?,45?,48?,49?,51?,55?,56?,59?/m0/s1. The van der Waals surface area contributed by atoms with Gasteiger partial charge in [0.05, 0.1) is 143 Å². The van der Waals surface area contributed by atoms with E-state index in [9.17, 15) is 59.1 Å². The molecule has 0 aliphatic carbocycles. The van der Waals surface area contributed by atoms with Gasteiger partial charge in [-0.1, -0.05) is 39.8 Å². The molecule has 7 amide bonds. The lowest BCUT2D eigenvalue weighted by molar-refractivity contribution is -0.144. The summed E-state index contributed by atoms with van der Waals surface area (Å²) in [7, 11) is 0. The Balaban J connectivity index is 1.83. The normalized spacial score (nSPS) is 17.0. The Hall–Kier alpha value is -6.11. The fraction of sp³-hybridized carbons (Fsp3) is 0.705. The van der Waals surface area contributed by atoms with Gasteiger partial charge in [-0.05, 0) is 62.6 Å². The molecular formula is C61H106N12O19S. The molecule has 1 heterocycles. The summed E-state index contributed by atoms with van der Waals surface area (Å²) < 4.78 is 38.9. The minimum Gasteiger partial charge on any atom is -0.508 e. The van der Waals surface area contributed by atoms with Crippen molar-refractivity contribution in [1.82, 2.24) is 42.1 Å². The van der Waals surface area contributed by atoms with Gasteiger partial charge in [0.15, 0.2) is 0 Å². The van der Waals surface area contributed by atoms with Gasteiger partial charge < -0.3 is 113 Å². The third kappa shape index (κ3) is 33.2. The summed E-state index contributed by atoms with van der Waals surface area (Å²) in [6.07, 6.45) is -2.77. The number of ether oxygens (including phenoxy) is 7. The Morgan fingerprint density at radius 2 is 1.35 bits per heavy atom. The number of aliphatic hydroxyl groups is 4. The van der Waals surface area contributed by atoms with Crippen molar-refractivity contribution in [3.63, 3.8) is 0 Å². The van der Waals surface area contributed by atoms with Crippen LogP contribution in [0.1, 0.15) is 77.0 Å². The van der Waals surface area contributed by atoms with E-state index in [2.05, 4.69) is 55.5 Å². The van der Waals surface area contributed by atoms with Crippen molar-refractivity contribution in [3.8, 4) is 5.75 Å². The van der Waals surface area contributed by atoms with Crippen LogP contribution in [0.3, 0.4) is 0 Å². The van der Waals surface area contributed by atoms with E-state index in [0.29, 0.717) is 140 Å². The number of phenolic OH excluding ortho intramolecular Hbond substituents is 1. The number of nitrogens with zero attached hydrogens (tertiary/aromatic N) is 2. The summed E-state index contributed by atoms with van der Waals surface area (Å²) in [4.78, 5) is 97.5. The van der Waals surface area contributed by atoms with Crippen molar-refractivity contribution in [2.75, 3.05) is 138 Å². The summed E-state index contributed by atoms with van der Waals surface area (Å²) in [6.45, 7) is 22.7. The molecule has 31 nitrogen and oxygen atoms in total. The van der Waals surface area contributed by atoms with Crippen LogP contribution in [0.2, 0.25) is 0 Å². The van der Waals surface area contributed by atoms with E-state index in [0.717, 1.165) is 16.0 Å². The van der Waals surface area contributed by atoms with Crippen LogP contribution >= 0.6 is 11.8 Å². The third-order valence-electron chi connectivity index (χ3n) is 14.9. The van der Waals surface area contributed by atoms with Crippen molar-refractivity contribution in [2.45, 2.75) is 128 Å². The molecule has 32 heteroatoms. The lowest BCUT2D eigenvalue weighted by Gasteiger charge is -2.32. The van der Waals surface area contributed by atoms with Crippen molar-refractivity contribution < 1.29 is 92.3 Å². The van der Waals surface area contributed by atoms with Crippen LogP contribution in [0, 0.1) is 18.8 Å². The Morgan fingerprint density at radius 3 is 1.89 bits per heavy atom. The highest BCUT2D eigenvalue weighted by Crippen LogP contribution is 2.32. The second-order valence-corrected chi connectivity index (χ2v) is 23.5. The number of amides is 7. The predicted molar refractivity (Wildman–Crippen MR) is 349 cm³/mol. The summed E-state index contributed by atoms with van der Waals surface area (Å²) >= 11 is 1.57. The number of likely N-dealkylation sites (tertiary alicyclic amines) is 1. The Labute approximate surface area is 550 Å². The number of nitrogens with two attached hydrogens (primary N) is 3. The fourth-order valence-electron chi connectivity index (χ4n) is 9.38. The zero-order valence-electron chi connectivity index (χ0n) is 54.9. The van der Waals surface area contributed by atoms with Gasteiger partial charge in [-0.3, -0.25) is 43.9 Å². The lowest BCUT2D eigenvalue weighted by atomic mass is 9.92. The molecule has 2 rings (SSSR count). The highest BCUT2D eigenvalue weighted by molar-refractivity contribution is 7.98. The average Bonchev–Trinajstić information content (AvgIpc) is 1.94. The van der Waals surface area contributed by atoms with Crippen LogP contribution in [-0.4, -0.2) is 271 Å². The summed E-state index contributed by atoms with van der Waals surface area (Å²) in [5, 5.41) is 71.5. The van der Waals surface area contributed by atoms with Gasteiger partial charge in [0.2, 0.25) is 41.4 Å². The maximum absolute atomic E-state index is 14.2. The maximum atomic E-state index is 14.2. The molecule has 0 aromatic heterocycles.